The Morgan fingerprint density at radius 3 is 2.81 bits per heavy atom. The first-order chi connectivity index (χ1) is 7.72. The molecule has 1 aromatic heterocycles. The van der Waals surface area contributed by atoms with Gasteiger partial charge in [0.15, 0.2) is 0 Å². The molecule has 0 saturated heterocycles. The number of methoxy groups -OCH3 is 1. The van der Waals surface area contributed by atoms with Crippen molar-refractivity contribution in [3.05, 3.63) is 11.9 Å². The molecule has 0 saturated carbocycles. The first kappa shape index (κ1) is 12.7. The van der Waals surface area contributed by atoms with Gasteiger partial charge in [0.2, 0.25) is 5.88 Å². The number of anilines is 1. The van der Waals surface area contributed by atoms with Crippen molar-refractivity contribution in [3.63, 3.8) is 0 Å². The number of aromatic nitrogens is 2. The first-order valence-corrected chi connectivity index (χ1v) is 5.19. The molecule has 0 radical (unpaired) electrons. The van der Waals surface area contributed by atoms with E-state index in [1.807, 2.05) is 11.8 Å². The van der Waals surface area contributed by atoms with Crippen LogP contribution in [0.3, 0.4) is 0 Å². The molecule has 0 bridgehead atoms. The van der Waals surface area contributed by atoms with Gasteiger partial charge in [-0.2, -0.15) is 0 Å². The maximum Gasteiger partial charge on any atom is 0.222 e. The number of hydrogen-bond acceptors (Lipinski definition) is 6. The molecule has 0 spiro atoms. The summed E-state index contributed by atoms with van der Waals surface area (Å²) in [4.78, 5) is 9.97. The number of rotatable bonds is 6. The second kappa shape index (κ2) is 6.24. The van der Waals surface area contributed by atoms with Gasteiger partial charge in [0, 0.05) is 13.1 Å². The second-order valence-corrected chi connectivity index (χ2v) is 3.34. The highest BCUT2D eigenvalue weighted by Crippen LogP contribution is 2.20. The van der Waals surface area contributed by atoms with Crippen LogP contribution in [0.5, 0.6) is 5.88 Å². The predicted molar refractivity (Wildman–Crippen MR) is 61.0 cm³/mol. The van der Waals surface area contributed by atoms with E-state index in [0.29, 0.717) is 24.8 Å². The fourth-order valence-corrected chi connectivity index (χ4v) is 1.45. The van der Waals surface area contributed by atoms with Gasteiger partial charge < -0.3 is 15.6 Å². The third-order valence-electron chi connectivity index (χ3n) is 2.38. The van der Waals surface area contributed by atoms with Crippen molar-refractivity contribution in [3.8, 4) is 5.88 Å². The average molecular weight is 226 g/mol. The van der Waals surface area contributed by atoms with Crippen LogP contribution in [0.15, 0.2) is 6.33 Å². The van der Waals surface area contributed by atoms with Crippen molar-refractivity contribution < 1.29 is 9.84 Å². The van der Waals surface area contributed by atoms with Gasteiger partial charge in [0.1, 0.15) is 12.1 Å². The molecule has 0 fully saturated rings. The van der Waals surface area contributed by atoms with Gasteiger partial charge in [-0.3, -0.25) is 4.90 Å². The van der Waals surface area contributed by atoms with Gasteiger partial charge in [0.25, 0.3) is 0 Å². The number of nitrogens with zero attached hydrogens (tertiary/aromatic N) is 3. The first-order valence-electron chi connectivity index (χ1n) is 5.19. The highest BCUT2D eigenvalue weighted by atomic mass is 16.5. The highest BCUT2D eigenvalue weighted by Gasteiger charge is 2.13. The van der Waals surface area contributed by atoms with Crippen LogP contribution < -0.4 is 10.5 Å². The smallest absolute Gasteiger partial charge is 0.222 e. The van der Waals surface area contributed by atoms with Crippen LogP contribution in [0.25, 0.3) is 0 Å². The number of aliphatic hydroxyl groups is 1. The Bertz CT molecular complexity index is 333. The molecule has 0 aliphatic carbocycles. The number of aliphatic hydroxyl groups excluding tert-OH is 1. The Morgan fingerprint density at radius 1 is 1.50 bits per heavy atom. The monoisotopic (exact) mass is 226 g/mol. The van der Waals surface area contributed by atoms with Crippen LogP contribution in [0.1, 0.15) is 12.5 Å². The molecule has 0 atom stereocenters. The molecule has 3 N–H and O–H groups in total. The van der Waals surface area contributed by atoms with Crippen molar-refractivity contribution in [2.24, 2.45) is 0 Å². The maximum absolute atomic E-state index is 8.91. The predicted octanol–water partition coefficient (Wildman–Crippen LogP) is -0.118. The van der Waals surface area contributed by atoms with Crippen LogP contribution >= 0.6 is 0 Å². The van der Waals surface area contributed by atoms with E-state index >= 15 is 0 Å². The maximum atomic E-state index is 8.91. The largest absolute Gasteiger partial charge is 0.481 e. The fraction of sp³-hybridized carbons (Fsp3) is 0.600. The third kappa shape index (κ3) is 3.04. The van der Waals surface area contributed by atoms with Gasteiger partial charge in [0.05, 0.1) is 19.3 Å². The summed E-state index contributed by atoms with van der Waals surface area (Å²) in [5.41, 5.74) is 6.54. The molecule has 1 heterocycles. The fourth-order valence-electron chi connectivity index (χ4n) is 1.45. The molecule has 0 unspecified atom stereocenters. The molecule has 0 amide bonds. The van der Waals surface area contributed by atoms with E-state index in [9.17, 15) is 0 Å². The van der Waals surface area contributed by atoms with Crippen LogP contribution in [0.2, 0.25) is 0 Å². The Morgan fingerprint density at radius 2 is 2.25 bits per heavy atom. The van der Waals surface area contributed by atoms with Gasteiger partial charge >= 0.3 is 0 Å². The number of ether oxygens (including phenoxy) is 1. The van der Waals surface area contributed by atoms with E-state index in [1.165, 1.54) is 6.33 Å². The second-order valence-electron chi connectivity index (χ2n) is 3.34. The summed E-state index contributed by atoms with van der Waals surface area (Å²) in [6, 6.07) is 0. The lowest BCUT2D eigenvalue weighted by molar-refractivity contribution is 0.195. The lowest BCUT2D eigenvalue weighted by Crippen LogP contribution is -2.27. The van der Waals surface area contributed by atoms with E-state index in [2.05, 4.69) is 9.97 Å². The van der Waals surface area contributed by atoms with Crippen LogP contribution in [-0.2, 0) is 6.54 Å². The quantitative estimate of drug-likeness (QED) is 0.703. The zero-order chi connectivity index (χ0) is 12.0. The summed E-state index contributed by atoms with van der Waals surface area (Å²) in [6.07, 6.45) is 1.37. The van der Waals surface area contributed by atoms with Crippen molar-refractivity contribution in [1.82, 2.24) is 14.9 Å². The third-order valence-corrected chi connectivity index (χ3v) is 2.38. The summed E-state index contributed by atoms with van der Waals surface area (Å²) in [5.74, 6) is 0.909. The van der Waals surface area contributed by atoms with Gasteiger partial charge in [-0.1, -0.05) is 6.92 Å². The van der Waals surface area contributed by atoms with Gasteiger partial charge in [-0.15, -0.1) is 0 Å². The molecule has 0 aliphatic heterocycles. The van der Waals surface area contributed by atoms with Gasteiger partial charge in [-0.05, 0) is 6.54 Å². The van der Waals surface area contributed by atoms with E-state index in [-0.39, 0.29) is 6.61 Å². The lowest BCUT2D eigenvalue weighted by atomic mass is 10.2. The Hall–Kier alpha value is -1.40. The number of hydrogen-bond donors (Lipinski definition) is 2. The summed E-state index contributed by atoms with van der Waals surface area (Å²) in [6.45, 7) is 4.12. The molecular weight excluding hydrogens is 208 g/mol. The standard InChI is InChI=1S/C10H18N4O2/c1-3-14(4-5-15)6-8-9(11)12-7-13-10(8)16-2/h7,15H,3-6H2,1-2H3,(H2,11,12,13). The topological polar surface area (TPSA) is 84.5 Å². The number of nitrogens with two attached hydrogens (primary N) is 1. The zero-order valence-electron chi connectivity index (χ0n) is 9.68. The van der Waals surface area contributed by atoms with Crippen LogP contribution in [0, 0.1) is 0 Å². The summed E-state index contributed by atoms with van der Waals surface area (Å²) < 4.78 is 5.13. The van der Waals surface area contributed by atoms with E-state index in [1.54, 1.807) is 7.11 Å². The zero-order valence-corrected chi connectivity index (χ0v) is 9.68. The molecule has 0 aromatic carbocycles. The van der Waals surface area contributed by atoms with E-state index in [4.69, 9.17) is 15.6 Å². The SMILES string of the molecule is CCN(CCO)Cc1c(N)ncnc1OC. The average Bonchev–Trinajstić information content (AvgIpc) is 2.30. The van der Waals surface area contributed by atoms with Crippen molar-refractivity contribution >= 4 is 5.82 Å². The molecular formula is C10H18N4O2. The molecule has 0 aliphatic rings. The molecule has 6 heteroatoms. The Balaban J connectivity index is 2.85. The Kier molecular flexibility index (Phi) is 4.94. The minimum absolute atomic E-state index is 0.115. The summed E-state index contributed by atoms with van der Waals surface area (Å²) in [5, 5.41) is 8.91. The minimum Gasteiger partial charge on any atom is -0.481 e. The molecule has 16 heavy (non-hydrogen) atoms. The minimum atomic E-state index is 0.115. The lowest BCUT2D eigenvalue weighted by Gasteiger charge is -2.20. The molecule has 1 rings (SSSR count). The summed E-state index contributed by atoms with van der Waals surface area (Å²) >= 11 is 0. The summed E-state index contributed by atoms with van der Waals surface area (Å²) in [7, 11) is 1.55. The van der Waals surface area contributed by atoms with Crippen molar-refractivity contribution in [1.29, 1.82) is 0 Å². The highest BCUT2D eigenvalue weighted by molar-refractivity contribution is 5.44. The van der Waals surface area contributed by atoms with E-state index < -0.39 is 0 Å². The van der Waals surface area contributed by atoms with Gasteiger partial charge in [-0.25, -0.2) is 9.97 Å². The number of likely N-dealkylation sites (N-methyl/N-ethyl adjacent to an activating group) is 1. The van der Waals surface area contributed by atoms with Crippen molar-refractivity contribution in [2.75, 3.05) is 32.5 Å². The molecule has 1 aromatic rings. The molecule has 90 valence electrons. The molecule has 6 nitrogen and oxygen atoms in total. The van der Waals surface area contributed by atoms with Crippen molar-refractivity contribution in [2.45, 2.75) is 13.5 Å². The number of nitrogen functional groups attached to an aromatic ring is 1. The normalized spacial score (nSPS) is 10.8. The van der Waals surface area contributed by atoms with Crippen LogP contribution in [-0.4, -0.2) is 46.8 Å². The Labute approximate surface area is 95.1 Å². The van der Waals surface area contributed by atoms with E-state index in [0.717, 1.165) is 12.1 Å². The van der Waals surface area contributed by atoms with Crippen LogP contribution in [0.4, 0.5) is 5.82 Å².